The molecule has 0 bridgehead atoms. The predicted molar refractivity (Wildman–Crippen MR) is 149 cm³/mol. The van der Waals surface area contributed by atoms with Crippen molar-refractivity contribution in [1.82, 2.24) is 10.2 Å². The molecule has 1 N–H and O–H groups in total. The highest BCUT2D eigenvalue weighted by Gasteiger charge is 2.32. The number of carbonyl (C=O) groups excluding carboxylic acids is 2. The number of carbonyl (C=O) groups is 2. The molecule has 1 aliphatic rings. The van der Waals surface area contributed by atoms with E-state index in [0.717, 1.165) is 46.8 Å². The maximum Gasteiger partial charge on any atom is 0.243 e. The summed E-state index contributed by atoms with van der Waals surface area (Å²) in [5, 5.41) is 3.83. The molecule has 36 heavy (non-hydrogen) atoms. The van der Waals surface area contributed by atoms with E-state index in [-0.39, 0.29) is 24.3 Å². The first-order valence-electron chi connectivity index (χ1n) is 12.6. The van der Waals surface area contributed by atoms with Gasteiger partial charge in [-0.2, -0.15) is 0 Å². The van der Waals surface area contributed by atoms with Gasteiger partial charge in [0.2, 0.25) is 11.8 Å². The van der Waals surface area contributed by atoms with Crippen molar-refractivity contribution < 1.29 is 9.59 Å². The fraction of sp³-hybridized carbons (Fsp3) is 0.333. The van der Waals surface area contributed by atoms with Crippen molar-refractivity contribution in [3.05, 3.63) is 105 Å². The number of hydrogen-bond donors (Lipinski definition) is 1. The maximum absolute atomic E-state index is 13.8. The molecule has 0 aliphatic heterocycles. The minimum absolute atomic E-state index is 0.0876. The number of nitrogens with one attached hydrogen (secondary N) is 1. The zero-order valence-corrected chi connectivity index (χ0v) is 22.7. The zero-order chi connectivity index (χ0) is 25.3. The summed E-state index contributed by atoms with van der Waals surface area (Å²) in [6.45, 7) is 0.339. The van der Waals surface area contributed by atoms with Gasteiger partial charge in [0.1, 0.15) is 6.04 Å². The summed E-state index contributed by atoms with van der Waals surface area (Å²) in [6, 6.07) is 24.7. The van der Waals surface area contributed by atoms with Crippen molar-refractivity contribution in [2.45, 2.75) is 63.6 Å². The Balaban J connectivity index is 1.65. The summed E-state index contributed by atoms with van der Waals surface area (Å²) in [7, 11) is 0. The first-order chi connectivity index (χ1) is 17.5. The highest BCUT2D eigenvalue weighted by atomic mass is 79.9. The third kappa shape index (κ3) is 7.44. The fourth-order valence-electron chi connectivity index (χ4n) is 4.79. The number of halogens is 2. The van der Waals surface area contributed by atoms with E-state index in [1.54, 1.807) is 11.0 Å². The Morgan fingerprint density at radius 1 is 0.889 bits per heavy atom. The average Bonchev–Trinajstić information content (AvgIpc) is 2.89. The Morgan fingerprint density at radius 2 is 1.56 bits per heavy atom. The molecule has 6 heteroatoms. The molecule has 3 aromatic rings. The minimum atomic E-state index is -0.632. The second-order valence-electron chi connectivity index (χ2n) is 9.47. The van der Waals surface area contributed by atoms with E-state index in [9.17, 15) is 9.59 Å². The van der Waals surface area contributed by atoms with Crippen LogP contribution >= 0.6 is 27.5 Å². The molecule has 1 aliphatic carbocycles. The van der Waals surface area contributed by atoms with E-state index in [4.69, 9.17) is 11.6 Å². The van der Waals surface area contributed by atoms with Crippen LogP contribution in [-0.4, -0.2) is 28.8 Å². The average molecular weight is 568 g/mol. The Kier molecular flexibility index (Phi) is 9.60. The third-order valence-corrected chi connectivity index (χ3v) is 7.69. The first-order valence-corrected chi connectivity index (χ1v) is 13.8. The van der Waals surface area contributed by atoms with E-state index < -0.39 is 6.04 Å². The largest absolute Gasteiger partial charge is 0.352 e. The topological polar surface area (TPSA) is 49.4 Å². The molecule has 0 saturated heterocycles. The lowest BCUT2D eigenvalue weighted by atomic mass is 9.94. The lowest BCUT2D eigenvalue weighted by Crippen LogP contribution is -2.53. The molecule has 0 radical (unpaired) electrons. The molecule has 3 aromatic carbocycles. The van der Waals surface area contributed by atoms with Gasteiger partial charge in [0.15, 0.2) is 0 Å². The van der Waals surface area contributed by atoms with Gasteiger partial charge in [-0.1, -0.05) is 107 Å². The summed E-state index contributed by atoms with van der Waals surface area (Å²) in [6.07, 6.45) is 6.03. The summed E-state index contributed by atoms with van der Waals surface area (Å²) in [5.41, 5.74) is 2.75. The van der Waals surface area contributed by atoms with Gasteiger partial charge in [0.25, 0.3) is 0 Å². The van der Waals surface area contributed by atoms with Crippen molar-refractivity contribution in [2.75, 3.05) is 0 Å². The van der Waals surface area contributed by atoms with Crippen molar-refractivity contribution in [3.8, 4) is 0 Å². The number of nitrogens with zero attached hydrogens (tertiary/aromatic N) is 1. The molecule has 1 fully saturated rings. The molecule has 0 aromatic heterocycles. The van der Waals surface area contributed by atoms with Crippen LogP contribution in [0.4, 0.5) is 0 Å². The standard InChI is InChI=1S/C30H32BrClN2O2/c31-25-17-15-23(16-18-25)21-34(29(35)20-24-11-7-8-14-27(24)32)28(19-22-9-3-1-4-10-22)30(36)33-26-12-5-2-6-13-26/h1,3-4,7-11,14-18,26,28H,2,5-6,12-13,19-21H2,(H,33,36)/t28-/m1/s1. The van der Waals surface area contributed by atoms with Crippen LogP contribution in [0.15, 0.2) is 83.3 Å². The smallest absolute Gasteiger partial charge is 0.243 e. The lowest BCUT2D eigenvalue weighted by molar-refractivity contribution is -0.141. The Hall–Kier alpha value is -2.63. The molecule has 4 rings (SSSR count). The summed E-state index contributed by atoms with van der Waals surface area (Å²) < 4.78 is 0.969. The van der Waals surface area contributed by atoms with Crippen molar-refractivity contribution in [1.29, 1.82) is 0 Å². The van der Waals surface area contributed by atoms with Gasteiger partial charge < -0.3 is 10.2 Å². The molecule has 1 saturated carbocycles. The minimum Gasteiger partial charge on any atom is -0.352 e. The number of amides is 2. The van der Waals surface area contributed by atoms with Crippen molar-refractivity contribution >= 4 is 39.3 Å². The molecule has 0 heterocycles. The number of rotatable bonds is 9. The second-order valence-corrected chi connectivity index (χ2v) is 10.8. The molecular formula is C30H32BrClN2O2. The summed E-state index contributed by atoms with van der Waals surface area (Å²) in [5.74, 6) is -0.207. The summed E-state index contributed by atoms with van der Waals surface area (Å²) >= 11 is 9.88. The van der Waals surface area contributed by atoms with Crippen LogP contribution < -0.4 is 5.32 Å². The number of hydrogen-bond acceptors (Lipinski definition) is 2. The van der Waals surface area contributed by atoms with Crippen LogP contribution in [-0.2, 0) is 29.0 Å². The quantitative estimate of drug-likeness (QED) is 0.312. The van der Waals surface area contributed by atoms with E-state index in [2.05, 4.69) is 21.2 Å². The second kappa shape index (κ2) is 13.1. The predicted octanol–water partition coefficient (Wildman–Crippen LogP) is 6.73. The van der Waals surface area contributed by atoms with Crippen LogP contribution in [0.2, 0.25) is 5.02 Å². The molecule has 4 nitrogen and oxygen atoms in total. The van der Waals surface area contributed by atoms with Gasteiger partial charge in [-0.15, -0.1) is 0 Å². The highest BCUT2D eigenvalue weighted by molar-refractivity contribution is 9.10. The lowest BCUT2D eigenvalue weighted by Gasteiger charge is -2.33. The van der Waals surface area contributed by atoms with Crippen molar-refractivity contribution in [2.24, 2.45) is 0 Å². The number of benzene rings is 3. The molecule has 0 spiro atoms. The van der Waals surface area contributed by atoms with E-state index in [0.29, 0.717) is 18.0 Å². The van der Waals surface area contributed by atoms with Gasteiger partial charge in [-0.05, 0) is 47.7 Å². The molecule has 2 amide bonds. The molecule has 188 valence electrons. The third-order valence-electron chi connectivity index (χ3n) is 6.79. The van der Waals surface area contributed by atoms with Gasteiger partial charge in [-0.25, -0.2) is 0 Å². The van der Waals surface area contributed by atoms with E-state index in [1.165, 1.54) is 6.42 Å². The van der Waals surface area contributed by atoms with Crippen LogP contribution in [0.5, 0.6) is 0 Å². The van der Waals surface area contributed by atoms with Gasteiger partial charge in [-0.3, -0.25) is 9.59 Å². The Labute approximate surface area is 227 Å². The van der Waals surface area contributed by atoms with Crippen molar-refractivity contribution in [3.63, 3.8) is 0 Å². The van der Waals surface area contributed by atoms with Gasteiger partial charge in [0, 0.05) is 28.5 Å². The Bertz CT molecular complexity index is 1150. The van der Waals surface area contributed by atoms with Gasteiger partial charge >= 0.3 is 0 Å². The maximum atomic E-state index is 13.8. The molecule has 0 unspecified atom stereocenters. The first kappa shape index (κ1) is 26.4. The van der Waals surface area contributed by atoms with Crippen LogP contribution in [0.25, 0.3) is 0 Å². The molecule has 1 atom stereocenters. The fourth-order valence-corrected chi connectivity index (χ4v) is 5.26. The monoisotopic (exact) mass is 566 g/mol. The van der Waals surface area contributed by atoms with Gasteiger partial charge in [0.05, 0.1) is 6.42 Å². The van der Waals surface area contributed by atoms with Crippen LogP contribution in [0.1, 0.15) is 48.8 Å². The summed E-state index contributed by atoms with van der Waals surface area (Å²) in [4.78, 5) is 29.4. The zero-order valence-electron chi connectivity index (χ0n) is 20.3. The van der Waals surface area contributed by atoms with Crippen LogP contribution in [0.3, 0.4) is 0 Å². The normalized spacial score (nSPS) is 14.7. The SMILES string of the molecule is O=C(NC1CCCCC1)[C@@H](Cc1ccccc1)N(Cc1ccc(Br)cc1)C(=O)Cc1ccccc1Cl. The van der Waals surface area contributed by atoms with E-state index in [1.807, 2.05) is 72.8 Å². The van der Waals surface area contributed by atoms with Crippen LogP contribution in [0, 0.1) is 0 Å². The molecular weight excluding hydrogens is 536 g/mol. The Morgan fingerprint density at radius 3 is 2.25 bits per heavy atom. The van der Waals surface area contributed by atoms with E-state index >= 15 is 0 Å². The highest BCUT2D eigenvalue weighted by Crippen LogP contribution is 2.22.